The molecule has 1 aromatic carbocycles. The molecule has 22 heavy (non-hydrogen) atoms. The maximum absolute atomic E-state index is 12.3. The summed E-state index contributed by atoms with van der Waals surface area (Å²) in [5, 5.41) is 3.76. The van der Waals surface area contributed by atoms with Gasteiger partial charge in [0, 0.05) is 5.75 Å². The molecule has 0 radical (unpaired) electrons. The first-order valence-corrected chi connectivity index (χ1v) is 8.07. The Kier molecular flexibility index (Phi) is 5.10. The number of amides is 2. The number of nitrogens with two attached hydrogens (primary N) is 1. The van der Waals surface area contributed by atoms with E-state index in [-0.39, 0.29) is 5.37 Å². The molecular weight excluding hydrogens is 302 g/mol. The molecule has 0 aromatic heterocycles. The van der Waals surface area contributed by atoms with Crippen molar-refractivity contribution in [2.24, 2.45) is 5.84 Å². The topological polar surface area (TPSA) is 84.7 Å². The van der Waals surface area contributed by atoms with Gasteiger partial charge in [0.25, 0.3) is 5.91 Å². The van der Waals surface area contributed by atoms with E-state index in [1.165, 1.54) is 0 Å². The van der Waals surface area contributed by atoms with Crippen molar-refractivity contribution in [1.29, 1.82) is 0 Å². The van der Waals surface area contributed by atoms with E-state index in [0.29, 0.717) is 10.8 Å². The van der Waals surface area contributed by atoms with Crippen LogP contribution in [-0.2, 0) is 9.53 Å². The molecule has 0 bridgehead atoms. The summed E-state index contributed by atoms with van der Waals surface area (Å²) >= 11 is 1.61. The Morgan fingerprint density at radius 1 is 1.32 bits per heavy atom. The quantitative estimate of drug-likeness (QED) is 0.492. The minimum Gasteiger partial charge on any atom is -0.442 e. The highest BCUT2D eigenvalue weighted by molar-refractivity contribution is 7.99. The monoisotopic (exact) mass is 323 g/mol. The normalized spacial score (nSPS) is 21.5. The van der Waals surface area contributed by atoms with Gasteiger partial charge in [0.1, 0.15) is 5.60 Å². The predicted molar refractivity (Wildman–Crippen MR) is 85.8 cm³/mol. The molecule has 120 valence electrons. The minimum absolute atomic E-state index is 0.0159. The van der Waals surface area contributed by atoms with Gasteiger partial charge in [-0.05, 0) is 26.3 Å². The smallest absolute Gasteiger partial charge is 0.431 e. The number of carbonyl (C=O) groups is 2. The molecule has 1 aromatic rings. The Morgan fingerprint density at radius 2 is 1.95 bits per heavy atom. The number of hydrazine groups is 1. The first kappa shape index (κ1) is 16.8. The van der Waals surface area contributed by atoms with Gasteiger partial charge in [-0.1, -0.05) is 30.3 Å². The van der Waals surface area contributed by atoms with Gasteiger partial charge >= 0.3 is 6.09 Å². The lowest BCUT2D eigenvalue weighted by atomic mass is 10.2. The summed E-state index contributed by atoms with van der Waals surface area (Å²) in [6, 6.07) is 9.31. The van der Waals surface area contributed by atoms with Gasteiger partial charge in [-0.3, -0.25) is 10.1 Å². The number of thioether (sulfide) groups is 1. The summed E-state index contributed by atoms with van der Waals surface area (Å²) in [6.07, 6.45) is -0.840. The van der Waals surface area contributed by atoms with Crippen LogP contribution in [0.25, 0.3) is 0 Å². The fraction of sp³-hybridized carbons (Fsp3) is 0.467. The molecule has 6 nitrogen and oxygen atoms in total. The van der Waals surface area contributed by atoms with Crippen LogP contribution in [0.1, 0.15) is 31.7 Å². The third-order valence-corrected chi connectivity index (χ3v) is 4.28. The van der Waals surface area contributed by atoms with Crippen molar-refractivity contribution in [3.63, 3.8) is 0 Å². The second-order valence-corrected chi connectivity index (χ2v) is 7.17. The number of carbonyl (C=O) groups excluding carboxylic acids is 2. The van der Waals surface area contributed by atoms with Crippen LogP contribution < -0.4 is 11.2 Å². The largest absolute Gasteiger partial charge is 0.442 e. The van der Waals surface area contributed by atoms with E-state index in [2.05, 4.69) is 5.32 Å². The zero-order valence-electron chi connectivity index (χ0n) is 12.9. The average Bonchev–Trinajstić information content (AvgIpc) is 2.94. The fourth-order valence-electron chi connectivity index (χ4n) is 2.00. The Bertz CT molecular complexity index is 545. The molecule has 2 unspecified atom stereocenters. The van der Waals surface area contributed by atoms with Crippen molar-refractivity contribution < 1.29 is 14.3 Å². The lowest BCUT2D eigenvalue weighted by Gasteiger charge is -2.24. The number of hydrogen-bond donors (Lipinski definition) is 2. The number of hydrogen-bond acceptors (Lipinski definition) is 6. The lowest BCUT2D eigenvalue weighted by Crippen LogP contribution is -2.52. The summed E-state index contributed by atoms with van der Waals surface area (Å²) in [7, 11) is 0. The maximum Gasteiger partial charge on any atom is 0.431 e. The van der Waals surface area contributed by atoms with Gasteiger partial charge in [0.2, 0.25) is 0 Å². The van der Waals surface area contributed by atoms with Crippen molar-refractivity contribution in [1.82, 2.24) is 10.3 Å². The maximum atomic E-state index is 12.3. The second-order valence-electron chi connectivity index (χ2n) is 6.03. The first-order valence-electron chi connectivity index (χ1n) is 7.02. The number of benzene rings is 1. The summed E-state index contributed by atoms with van der Waals surface area (Å²) in [5.41, 5.74) is 0.392. The SMILES string of the molecule is CC(C)(C)OC(=O)N(N)C(=O)C1CSC(c2ccccc2)N1. The zero-order valence-corrected chi connectivity index (χ0v) is 13.7. The van der Waals surface area contributed by atoms with Crippen molar-refractivity contribution in [2.75, 3.05) is 5.75 Å². The van der Waals surface area contributed by atoms with E-state index < -0.39 is 23.6 Å². The van der Waals surface area contributed by atoms with E-state index in [0.717, 1.165) is 5.56 Å². The molecule has 1 aliphatic rings. The van der Waals surface area contributed by atoms with E-state index in [9.17, 15) is 9.59 Å². The Hall–Kier alpha value is -1.57. The summed E-state index contributed by atoms with van der Waals surface area (Å²) in [5.74, 6) is 5.66. The molecule has 3 N–H and O–H groups in total. The van der Waals surface area contributed by atoms with E-state index >= 15 is 0 Å². The Morgan fingerprint density at radius 3 is 2.55 bits per heavy atom. The highest BCUT2D eigenvalue weighted by Gasteiger charge is 2.35. The number of rotatable bonds is 2. The molecule has 1 aliphatic heterocycles. The van der Waals surface area contributed by atoms with Crippen molar-refractivity contribution >= 4 is 23.8 Å². The average molecular weight is 323 g/mol. The molecule has 0 aliphatic carbocycles. The van der Waals surface area contributed by atoms with Crippen LogP contribution in [0.4, 0.5) is 4.79 Å². The number of nitrogens with zero attached hydrogens (tertiary/aromatic N) is 1. The predicted octanol–water partition coefficient (Wildman–Crippen LogP) is 2.03. The van der Waals surface area contributed by atoms with Gasteiger partial charge in [-0.25, -0.2) is 10.6 Å². The second kappa shape index (κ2) is 6.68. The molecular formula is C15H21N3O3S. The van der Waals surface area contributed by atoms with Crippen LogP contribution in [0.3, 0.4) is 0 Å². The van der Waals surface area contributed by atoms with Gasteiger partial charge in [0.05, 0.1) is 11.4 Å². The molecule has 7 heteroatoms. The lowest BCUT2D eigenvalue weighted by molar-refractivity contribution is -0.132. The van der Waals surface area contributed by atoms with E-state index in [1.54, 1.807) is 32.5 Å². The third kappa shape index (κ3) is 4.22. The van der Waals surface area contributed by atoms with Crippen LogP contribution in [-0.4, -0.2) is 34.4 Å². The molecule has 2 rings (SSSR count). The Labute approximate surface area is 134 Å². The fourth-order valence-corrected chi connectivity index (χ4v) is 3.24. The summed E-state index contributed by atoms with van der Waals surface area (Å²) in [6.45, 7) is 5.16. The van der Waals surface area contributed by atoms with Gasteiger partial charge in [-0.2, -0.15) is 5.01 Å². The Balaban J connectivity index is 1.95. The molecule has 0 saturated carbocycles. The molecule has 1 fully saturated rings. The van der Waals surface area contributed by atoms with Crippen LogP contribution in [0.15, 0.2) is 30.3 Å². The molecule has 2 amide bonds. The highest BCUT2D eigenvalue weighted by atomic mass is 32.2. The van der Waals surface area contributed by atoms with Crippen LogP contribution in [0.5, 0.6) is 0 Å². The standard InChI is InChI=1S/C15H21N3O3S/c1-15(2,3)21-14(20)18(16)13(19)11-9-22-12(17-11)10-7-5-4-6-8-10/h4-8,11-12,17H,9,16H2,1-3H3. The summed E-state index contributed by atoms with van der Waals surface area (Å²) in [4.78, 5) is 24.1. The van der Waals surface area contributed by atoms with Crippen LogP contribution >= 0.6 is 11.8 Å². The van der Waals surface area contributed by atoms with E-state index in [4.69, 9.17) is 10.6 Å². The van der Waals surface area contributed by atoms with Gasteiger partial charge in [-0.15, -0.1) is 11.8 Å². The number of ether oxygens (including phenoxy) is 1. The van der Waals surface area contributed by atoms with Crippen LogP contribution in [0, 0.1) is 0 Å². The van der Waals surface area contributed by atoms with Crippen molar-refractivity contribution in [3.05, 3.63) is 35.9 Å². The van der Waals surface area contributed by atoms with Crippen molar-refractivity contribution in [3.8, 4) is 0 Å². The van der Waals surface area contributed by atoms with E-state index in [1.807, 2.05) is 30.3 Å². The molecule has 2 atom stereocenters. The minimum atomic E-state index is -0.840. The number of nitrogens with one attached hydrogen (secondary N) is 1. The first-order chi connectivity index (χ1) is 10.3. The number of imide groups is 1. The molecule has 0 spiro atoms. The summed E-state index contributed by atoms with van der Waals surface area (Å²) < 4.78 is 5.10. The molecule has 1 heterocycles. The van der Waals surface area contributed by atoms with Gasteiger partial charge in [0.15, 0.2) is 0 Å². The van der Waals surface area contributed by atoms with Crippen LogP contribution in [0.2, 0.25) is 0 Å². The van der Waals surface area contributed by atoms with Gasteiger partial charge < -0.3 is 4.74 Å². The molecule has 1 saturated heterocycles. The third-order valence-electron chi connectivity index (χ3n) is 3.01. The zero-order chi connectivity index (χ0) is 16.3. The highest BCUT2D eigenvalue weighted by Crippen LogP contribution is 2.32. The van der Waals surface area contributed by atoms with Crippen molar-refractivity contribution in [2.45, 2.75) is 37.8 Å².